The van der Waals surface area contributed by atoms with Gasteiger partial charge in [0.1, 0.15) is 12.2 Å². The van der Waals surface area contributed by atoms with Crippen molar-refractivity contribution in [3.63, 3.8) is 0 Å². The maximum Gasteiger partial charge on any atom is 0.110 e. The smallest absolute Gasteiger partial charge is 0.110 e. The molecule has 0 aliphatic carbocycles. The lowest BCUT2D eigenvalue weighted by Crippen LogP contribution is -2.52. The van der Waals surface area contributed by atoms with Crippen molar-refractivity contribution in [3.8, 4) is 0 Å². The molecule has 1 fully saturated rings. The first-order valence-corrected chi connectivity index (χ1v) is 9.30. The van der Waals surface area contributed by atoms with E-state index < -0.39 is 30.5 Å². The minimum Gasteiger partial charge on any atom is -0.389 e. The van der Waals surface area contributed by atoms with Crippen LogP contribution in [0.4, 0.5) is 0 Å². The monoisotopic (exact) mass is 372 g/mol. The molecule has 0 aromatic heterocycles. The van der Waals surface area contributed by atoms with E-state index in [1.165, 1.54) is 0 Å². The quantitative estimate of drug-likeness (QED) is 0.494. The van der Waals surface area contributed by atoms with Crippen LogP contribution in [0.2, 0.25) is 0 Å². The third kappa shape index (κ3) is 5.35. The van der Waals surface area contributed by atoms with Gasteiger partial charge in [0.15, 0.2) is 0 Å². The summed E-state index contributed by atoms with van der Waals surface area (Å²) < 4.78 is 0. The number of benzene rings is 2. The van der Waals surface area contributed by atoms with Crippen LogP contribution < -0.4 is 5.32 Å². The number of nitrogens with one attached hydrogen (secondary N) is 1. The van der Waals surface area contributed by atoms with Crippen molar-refractivity contribution in [2.45, 2.75) is 43.5 Å². The maximum absolute atomic E-state index is 10.5. The van der Waals surface area contributed by atoms with Crippen molar-refractivity contribution in [2.75, 3.05) is 13.1 Å². The van der Waals surface area contributed by atoms with Crippen LogP contribution in [0.25, 0.3) is 0 Å². The molecule has 1 aliphatic rings. The Hall–Kier alpha value is -1.80. The first kappa shape index (κ1) is 19.9. The molecule has 1 heterocycles. The zero-order chi connectivity index (χ0) is 19.2. The summed E-state index contributed by atoms with van der Waals surface area (Å²) >= 11 is 0. The van der Waals surface area contributed by atoms with E-state index in [0.29, 0.717) is 19.6 Å². The van der Waals surface area contributed by atoms with Crippen molar-refractivity contribution in [1.82, 2.24) is 10.2 Å². The van der Waals surface area contributed by atoms with Gasteiger partial charge in [-0.1, -0.05) is 60.7 Å². The second-order valence-corrected chi connectivity index (χ2v) is 7.19. The Bertz CT molecular complexity index is 644. The van der Waals surface area contributed by atoms with Crippen LogP contribution in [0, 0.1) is 0 Å². The number of aliphatic hydroxyl groups excluding tert-OH is 4. The second kappa shape index (κ2) is 9.41. The molecular weight excluding hydrogens is 344 g/mol. The van der Waals surface area contributed by atoms with Crippen molar-refractivity contribution >= 4 is 0 Å². The van der Waals surface area contributed by atoms with E-state index in [1.807, 2.05) is 36.4 Å². The van der Waals surface area contributed by atoms with Gasteiger partial charge in [-0.3, -0.25) is 4.90 Å². The van der Waals surface area contributed by atoms with E-state index in [9.17, 15) is 20.4 Å². The van der Waals surface area contributed by atoms with Gasteiger partial charge in [0.2, 0.25) is 0 Å². The number of β-amino-alcohol motifs (C(OH)–C–C–N with tert-alkyl or cyclic N) is 1. The molecule has 6 nitrogen and oxygen atoms in total. The van der Waals surface area contributed by atoms with E-state index in [1.54, 1.807) is 0 Å². The van der Waals surface area contributed by atoms with E-state index in [2.05, 4.69) is 34.5 Å². The van der Waals surface area contributed by atoms with Crippen LogP contribution in [-0.4, -0.2) is 68.9 Å². The summed E-state index contributed by atoms with van der Waals surface area (Å²) in [5, 5.41) is 43.5. The predicted molar refractivity (Wildman–Crippen MR) is 103 cm³/mol. The highest BCUT2D eigenvalue weighted by Crippen LogP contribution is 2.16. The van der Waals surface area contributed by atoms with Gasteiger partial charge in [0.25, 0.3) is 0 Å². The fourth-order valence-electron chi connectivity index (χ4n) is 3.50. The highest BCUT2D eigenvalue weighted by Gasteiger charge is 2.39. The largest absolute Gasteiger partial charge is 0.389 e. The van der Waals surface area contributed by atoms with Crippen LogP contribution in [0.1, 0.15) is 11.1 Å². The van der Waals surface area contributed by atoms with E-state index in [-0.39, 0.29) is 6.54 Å². The molecule has 5 N–H and O–H groups in total. The van der Waals surface area contributed by atoms with Crippen LogP contribution in [0.5, 0.6) is 0 Å². The molecule has 2 aromatic rings. The molecule has 0 spiro atoms. The first-order valence-electron chi connectivity index (χ1n) is 9.30. The number of rotatable bonds is 6. The Morgan fingerprint density at radius 3 is 1.78 bits per heavy atom. The molecule has 0 amide bonds. The Balaban J connectivity index is 1.75. The summed E-state index contributed by atoms with van der Waals surface area (Å²) in [6.07, 6.45) is -5.05. The van der Waals surface area contributed by atoms with Crippen molar-refractivity contribution in [3.05, 3.63) is 71.8 Å². The minimum atomic E-state index is -1.39. The molecule has 5 atom stereocenters. The molecule has 6 heteroatoms. The molecule has 2 aromatic carbocycles. The van der Waals surface area contributed by atoms with Gasteiger partial charge in [-0.2, -0.15) is 0 Å². The molecule has 1 aliphatic heterocycles. The van der Waals surface area contributed by atoms with Gasteiger partial charge in [-0.25, -0.2) is 0 Å². The van der Waals surface area contributed by atoms with Crippen LogP contribution in [0.15, 0.2) is 60.7 Å². The van der Waals surface area contributed by atoms with E-state index >= 15 is 0 Å². The summed E-state index contributed by atoms with van der Waals surface area (Å²) in [4.78, 5) is 2.18. The van der Waals surface area contributed by atoms with Crippen LogP contribution >= 0.6 is 0 Å². The number of nitrogens with zero attached hydrogens (tertiary/aromatic N) is 1. The number of aliphatic hydroxyl groups is 4. The topological polar surface area (TPSA) is 96.2 Å². The third-order valence-corrected chi connectivity index (χ3v) is 5.05. The van der Waals surface area contributed by atoms with Gasteiger partial charge in [-0.05, 0) is 11.1 Å². The van der Waals surface area contributed by atoms with E-state index in [0.717, 1.165) is 11.1 Å². The van der Waals surface area contributed by atoms with Crippen molar-refractivity contribution in [2.24, 2.45) is 0 Å². The highest BCUT2D eigenvalue weighted by atomic mass is 16.4. The summed E-state index contributed by atoms with van der Waals surface area (Å²) in [5.74, 6) is 0. The summed E-state index contributed by atoms with van der Waals surface area (Å²) in [5.41, 5.74) is 2.30. The maximum atomic E-state index is 10.5. The van der Waals surface area contributed by atoms with Gasteiger partial charge in [0, 0.05) is 32.2 Å². The average Bonchev–Trinajstić information content (AvgIpc) is 2.78. The zero-order valence-corrected chi connectivity index (χ0v) is 15.2. The molecule has 0 radical (unpaired) electrons. The molecule has 0 unspecified atom stereocenters. The third-order valence-electron chi connectivity index (χ3n) is 5.05. The van der Waals surface area contributed by atoms with Crippen LogP contribution in [-0.2, 0) is 13.1 Å². The lowest BCUT2D eigenvalue weighted by Gasteiger charge is -2.31. The first-order chi connectivity index (χ1) is 13.0. The molecule has 3 rings (SSSR count). The van der Waals surface area contributed by atoms with Gasteiger partial charge >= 0.3 is 0 Å². The molecule has 146 valence electrons. The van der Waals surface area contributed by atoms with Crippen molar-refractivity contribution < 1.29 is 20.4 Å². The Kier molecular flexibility index (Phi) is 6.95. The van der Waals surface area contributed by atoms with E-state index in [4.69, 9.17) is 0 Å². The molecule has 0 bridgehead atoms. The van der Waals surface area contributed by atoms with Crippen LogP contribution in [0.3, 0.4) is 0 Å². The lowest BCUT2D eigenvalue weighted by atomic mass is 10.00. The highest BCUT2D eigenvalue weighted by molar-refractivity contribution is 5.17. The summed E-state index contributed by atoms with van der Waals surface area (Å²) in [6, 6.07) is 19.6. The fourth-order valence-corrected chi connectivity index (χ4v) is 3.50. The summed E-state index contributed by atoms with van der Waals surface area (Å²) in [6.45, 7) is 1.94. The normalized spacial score (nSPS) is 28.9. The van der Waals surface area contributed by atoms with Crippen molar-refractivity contribution in [1.29, 1.82) is 0 Å². The molecule has 27 heavy (non-hydrogen) atoms. The minimum absolute atomic E-state index is 0.116. The Labute approximate surface area is 159 Å². The lowest BCUT2D eigenvalue weighted by molar-refractivity contribution is -0.0971. The second-order valence-electron chi connectivity index (χ2n) is 7.19. The number of hydrogen-bond acceptors (Lipinski definition) is 6. The Morgan fingerprint density at radius 2 is 1.26 bits per heavy atom. The average molecular weight is 372 g/mol. The standard InChI is InChI=1S/C21H28N2O4/c24-18-11-22-17(19(25)21(27)20(18)26)14-23(12-15-7-3-1-4-8-15)13-16-9-5-2-6-10-16/h1-10,17-22,24-27H,11-14H2/t17-,18-,19-,20-,21-/m1/s1. The summed E-state index contributed by atoms with van der Waals surface area (Å²) in [7, 11) is 0. The van der Waals surface area contributed by atoms with Gasteiger partial charge in [-0.15, -0.1) is 0 Å². The molecule has 1 saturated heterocycles. The zero-order valence-electron chi connectivity index (χ0n) is 15.2. The Morgan fingerprint density at radius 1 is 0.741 bits per heavy atom. The molecule has 0 saturated carbocycles. The SMILES string of the molecule is O[C@H]1[C@H](O)[C@H](O)CN[C@H](CN(Cc2ccccc2)Cc2ccccc2)[C@H]1O. The molecular formula is C21H28N2O4. The predicted octanol–water partition coefficient (Wildman–Crippen LogP) is 0.104. The van der Waals surface area contributed by atoms with Gasteiger partial charge in [0.05, 0.1) is 12.2 Å². The van der Waals surface area contributed by atoms with Gasteiger partial charge < -0.3 is 25.7 Å². The fraction of sp³-hybridized carbons (Fsp3) is 0.429. The number of hydrogen-bond donors (Lipinski definition) is 5.